The zero-order chi connectivity index (χ0) is 11.4. The fourth-order valence-corrected chi connectivity index (χ4v) is 3.09. The van der Waals surface area contributed by atoms with Crippen molar-refractivity contribution in [1.82, 2.24) is 4.90 Å². The van der Waals surface area contributed by atoms with Crippen LogP contribution in [0.25, 0.3) is 0 Å². The summed E-state index contributed by atoms with van der Waals surface area (Å²) in [6.07, 6.45) is 3.71. The van der Waals surface area contributed by atoms with Gasteiger partial charge in [0.15, 0.2) is 0 Å². The Morgan fingerprint density at radius 2 is 1.94 bits per heavy atom. The molecular weight excluding hydrogens is 213 g/mol. The van der Waals surface area contributed by atoms with Gasteiger partial charge in [0, 0.05) is 19.6 Å². The van der Waals surface area contributed by atoms with Crippen LogP contribution in [0.1, 0.15) is 12.0 Å². The molecule has 0 N–H and O–H groups in total. The second-order valence-electron chi connectivity index (χ2n) is 4.56. The number of nitrogens with zero attached hydrogens (tertiary/aromatic N) is 1. The van der Waals surface area contributed by atoms with E-state index in [1.54, 1.807) is 5.31 Å². The molecule has 0 unspecified atom stereocenters. The number of hydrogen-bond acceptors (Lipinski definition) is 1. The lowest BCUT2D eigenvalue weighted by molar-refractivity contribution is 0.289. The lowest BCUT2D eigenvalue weighted by atomic mass is 10.2. The Balaban J connectivity index is 1.91. The van der Waals surface area contributed by atoms with Gasteiger partial charge in [0.1, 0.15) is 0 Å². The van der Waals surface area contributed by atoms with Gasteiger partial charge in [-0.05, 0) is 30.6 Å². The van der Waals surface area contributed by atoms with Gasteiger partial charge in [-0.2, -0.15) is 0 Å². The van der Waals surface area contributed by atoms with Crippen molar-refractivity contribution in [2.24, 2.45) is 0 Å². The van der Waals surface area contributed by atoms with E-state index >= 15 is 0 Å². The Kier molecular flexibility index (Phi) is 4.15. The minimum atomic E-state index is 0.137. The maximum atomic E-state index is 2.53. The molecule has 0 saturated carbocycles. The van der Waals surface area contributed by atoms with Crippen molar-refractivity contribution in [3.63, 3.8) is 0 Å². The van der Waals surface area contributed by atoms with Crippen molar-refractivity contribution < 1.29 is 0 Å². The first-order chi connectivity index (χ1) is 7.75. The maximum absolute atomic E-state index is 2.53. The van der Waals surface area contributed by atoms with Crippen molar-refractivity contribution >= 4 is 7.92 Å². The van der Waals surface area contributed by atoms with Gasteiger partial charge >= 0.3 is 0 Å². The zero-order valence-electron chi connectivity index (χ0n) is 10.2. The van der Waals surface area contributed by atoms with Crippen molar-refractivity contribution in [3.05, 3.63) is 47.3 Å². The van der Waals surface area contributed by atoms with Crippen molar-refractivity contribution in [2.45, 2.75) is 13.0 Å². The van der Waals surface area contributed by atoms with Crippen LogP contribution in [0.5, 0.6) is 0 Å². The van der Waals surface area contributed by atoms with E-state index in [2.05, 4.69) is 54.6 Å². The molecule has 0 spiro atoms. The highest BCUT2D eigenvalue weighted by Crippen LogP contribution is 2.39. The molecule has 2 heteroatoms. The summed E-state index contributed by atoms with van der Waals surface area (Å²) in [5.74, 6) is 0. The molecule has 1 aromatic carbocycles. The third-order valence-corrected chi connectivity index (χ3v) is 4.65. The zero-order valence-corrected chi connectivity index (χ0v) is 11.1. The standard InChI is InChI=1S/C14H20NP/c1-16(2)14-8-10-15(11-9-14)12-13-6-4-3-5-7-13/h3-8H,9-12H2,1-2H3. The van der Waals surface area contributed by atoms with Crippen LogP contribution in [0, 0.1) is 0 Å². The van der Waals surface area contributed by atoms with Crippen molar-refractivity contribution in [2.75, 3.05) is 26.4 Å². The van der Waals surface area contributed by atoms with E-state index < -0.39 is 0 Å². The number of benzene rings is 1. The molecule has 0 radical (unpaired) electrons. The highest BCUT2D eigenvalue weighted by atomic mass is 31.1. The van der Waals surface area contributed by atoms with Gasteiger partial charge in [-0.3, -0.25) is 4.90 Å². The van der Waals surface area contributed by atoms with E-state index in [9.17, 15) is 0 Å². The van der Waals surface area contributed by atoms with Crippen molar-refractivity contribution in [1.29, 1.82) is 0 Å². The van der Waals surface area contributed by atoms with Crippen LogP contribution in [0.2, 0.25) is 0 Å². The summed E-state index contributed by atoms with van der Waals surface area (Å²) in [6, 6.07) is 10.8. The second-order valence-corrected chi connectivity index (χ2v) is 6.92. The minimum absolute atomic E-state index is 0.137. The van der Waals surface area contributed by atoms with Gasteiger partial charge in [-0.25, -0.2) is 0 Å². The first kappa shape index (κ1) is 11.8. The summed E-state index contributed by atoms with van der Waals surface area (Å²) in [7, 11) is 0.137. The van der Waals surface area contributed by atoms with E-state index in [-0.39, 0.29) is 7.92 Å². The van der Waals surface area contributed by atoms with Gasteiger partial charge in [0.2, 0.25) is 0 Å². The molecule has 2 rings (SSSR count). The molecule has 0 saturated heterocycles. The molecule has 0 aromatic heterocycles. The average molecular weight is 233 g/mol. The predicted octanol–water partition coefficient (Wildman–Crippen LogP) is 3.52. The summed E-state index contributed by atoms with van der Waals surface area (Å²) in [6.45, 7) is 8.16. The summed E-state index contributed by atoms with van der Waals surface area (Å²) in [5.41, 5.74) is 1.43. The lowest BCUT2D eigenvalue weighted by Gasteiger charge is -2.27. The van der Waals surface area contributed by atoms with E-state index in [4.69, 9.17) is 0 Å². The molecule has 1 aromatic rings. The Bertz CT molecular complexity index is 356. The largest absolute Gasteiger partial charge is 0.295 e. The fraction of sp³-hybridized carbons (Fsp3) is 0.429. The molecule has 0 aliphatic carbocycles. The average Bonchev–Trinajstić information content (AvgIpc) is 2.31. The van der Waals surface area contributed by atoms with Crippen LogP contribution in [0.3, 0.4) is 0 Å². The van der Waals surface area contributed by atoms with Crippen LogP contribution in [-0.2, 0) is 6.54 Å². The maximum Gasteiger partial charge on any atom is 0.0237 e. The van der Waals surface area contributed by atoms with E-state index in [1.807, 2.05) is 0 Å². The second kappa shape index (κ2) is 5.61. The summed E-state index contributed by atoms with van der Waals surface area (Å²) in [5, 5.41) is 1.69. The van der Waals surface area contributed by atoms with Gasteiger partial charge in [-0.1, -0.05) is 44.3 Å². The first-order valence-electron chi connectivity index (χ1n) is 5.88. The molecule has 0 atom stereocenters. The smallest absolute Gasteiger partial charge is 0.0237 e. The molecule has 1 aliphatic rings. The summed E-state index contributed by atoms with van der Waals surface area (Å²) in [4.78, 5) is 2.53. The number of rotatable bonds is 3. The Labute approximate surface area is 99.9 Å². The molecule has 86 valence electrons. The lowest BCUT2D eigenvalue weighted by Crippen LogP contribution is -2.27. The molecule has 0 fully saturated rings. The van der Waals surface area contributed by atoms with Crippen LogP contribution in [0.4, 0.5) is 0 Å². The minimum Gasteiger partial charge on any atom is -0.295 e. The van der Waals surface area contributed by atoms with Crippen molar-refractivity contribution in [3.8, 4) is 0 Å². The van der Waals surface area contributed by atoms with Gasteiger partial charge in [-0.15, -0.1) is 0 Å². The van der Waals surface area contributed by atoms with Crippen LogP contribution >= 0.6 is 7.92 Å². The Hall–Kier alpha value is -0.650. The molecule has 1 nitrogen and oxygen atoms in total. The molecule has 1 aliphatic heterocycles. The van der Waals surface area contributed by atoms with Gasteiger partial charge in [0.05, 0.1) is 0 Å². The summed E-state index contributed by atoms with van der Waals surface area (Å²) < 4.78 is 0. The fourth-order valence-electron chi connectivity index (χ4n) is 2.09. The molecular formula is C14H20NP. The van der Waals surface area contributed by atoms with E-state index in [1.165, 1.54) is 18.5 Å². The van der Waals surface area contributed by atoms with E-state index in [0.717, 1.165) is 13.1 Å². The quantitative estimate of drug-likeness (QED) is 0.722. The highest BCUT2D eigenvalue weighted by Gasteiger charge is 2.13. The third kappa shape index (κ3) is 3.17. The highest BCUT2D eigenvalue weighted by molar-refractivity contribution is 7.60. The molecule has 0 amide bonds. The van der Waals surface area contributed by atoms with Gasteiger partial charge in [0.25, 0.3) is 0 Å². The normalized spacial score (nSPS) is 17.6. The topological polar surface area (TPSA) is 3.24 Å². The van der Waals surface area contributed by atoms with Crippen LogP contribution in [0.15, 0.2) is 41.7 Å². The molecule has 0 bridgehead atoms. The van der Waals surface area contributed by atoms with Crippen LogP contribution < -0.4 is 0 Å². The SMILES string of the molecule is CP(C)C1=CCN(Cc2ccccc2)CC1. The monoisotopic (exact) mass is 233 g/mol. The van der Waals surface area contributed by atoms with Gasteiger partial charge < -0.3 is 0 Å². The molecule has 1 heterocycles. The van der Waals surface area contributed by atoms with Crippen LogP contribution in [-0.4, -0.2) is 31.3 Å². The number of hydrogen-bond donors (Lipinski definition) is 0. The Morgan fingerprint density at radius 3 is 2.50 bits per heavy atom. The molecule has 16 heavy (non-hydrogen) atoms. The van der Waals surface area contributed by atoms with E-state index in [0.29, 0.717) is 0 Å². The Morgan fingerprint density at radius 1 is 1.19 bits per heavy atom. The third-order valence-electron chi connectivity index (χ3n) is 3.09. The summed E-state index contributed by atoms with van der Waals surface area (Å²) >= 11 is 0. The predicted molar refractivity (Wildman–Crippen MR) is 73.2 cm³/mol. The first-order valence-corrected chi connectivity index (χ1v) is 8.12.